The van der Waals surface area contributed by atoms with Gasteiger partial charge in [0.2, 0.25) is 0 Å². The second-order valence-corrected chi connectivity index (χ2v) is 15.0. The second-order valence-electron chi connectivity index (χ2n) is 8.00. The molecule has 8 nitrogen and oxygen atoms in total. The van der Waals surface area contributed by atoms with Crippen LogP contribution in [-0.4, -0.2) is 51.6 Å². The molecule has 4 aromatic rings. The summed E-state index contributed by atoms with van der Waals surface area (Å²) in [6.07, 6.45) is 3.37. The van der Waals surface area contributed by atoms with Crippen LogP contribution in [-0.2, 0) is 4.74 Å². The molecule has 0 amide bonds. The third kappa shape index (κ3) is 4.41. The Labute approximate surface area is 195 Å². The summed E-state index contributed by atoms with van der Waals surface area (Å²) >= 11 is 3.07. The van der Waals surface area contributed by atoms with Crippen molar-refractivity contribution >= 4 is 64.3 Å². The predicted molar refractivity (Wildman–Crippen MR) is 133 cm³/mol. The van der Waals surface area contributed by atoms with Crippen molar-refractivity contribution in [3.05, 3.63) is 41.4 Å². The zero-order valence-electron chi connectivity index (χ0n) is 18.5. The van der Waals surface area contributed by atoms with E-state index in [-0.39, 0.29) is 12.2 Å². The standard InChI is InChI=1S/C21H24N6O2S2Si/c1-6-29-19(28)14-11-22-20(30-2)25-17(14)24-18-13-9-7-8-10-15(13)27(26-18)16-12-31-21(23-16)32(3,4)5/h7-12H,6H2,1-5H3,(H,22,24,25,26). The van der Waals surface area contributed by atoms with Crippen molar-refractivity contribution in [2.75, 3.05) is 18.2 Å². The minimum atomic E-state index is -1.53. The van der Waals surface area contributed by atoms with Crippen LogP contribution in [0, 0.1) is 0 Å². The number of carbonyl (C=O) groups is 1. The summed E-state index contributed by atoms with van der Waals surface area (Å²) in [6, 6.07) is 7.90. The van der Waals surface area contributed by atoms with Crippen molar-refractivity contribution in [2.24, 2.45) is 0 Å². The Balaban J connectivity index is 1.80. The van der Waals surface area contributed by atoms with Gasteiger partial charge in [-0.1, -0.05) is 43.5 Å². The van der Waals surface area contributed by atoms with Gasteiger partial charge in [-0.3, -0.25) is 0 Å². The molecule has 3 aromatic heterocycles. The SMILES string of the molecule is CCOC(=O)c1cnc(SC)nc1Nc1nn(-c2csc([Si](C)(C)C)n2)c2ccccc12. The summed E-state index contributed by atoms with van der Waals surface area (Å²) in [7, 11) is -1.53. The summed E-state index contributed by atoms with van der Waals surface area (Å²) in [6.45, 7) is 8.86. The van der Waals surface area contributed by atoms with Gasteiger partial charge >= 0.3 is 5.97 Å². The smallest absolute Gasteiger partial charge is 0.343 e. The highest BCUT2D eigenvalue weighted by molar-refractivity contribution is 7.98. The Hall–Kier alpha value is -2.76. The molecule has 0 unspecified atom stereocenters. The number of thiazole rings is 1. The number of ether oxygens (including phenoxy) is 1. The molecule has 0 saturated heterocycles. The summed E-state index contributed by atoms with van der Waals surface area (Å²) in [5.41, 5.74) is 1.18. The van der Waals surface area contributed by atoms with E-state index in [4.69, 9.17) is 14.8 Å². The number of nitrogens with zero attached hydrogens (tertiary/aromatic N) is 5. The van der Waals surface area contributed by atoms with Crippen molar-refractivity contribution in [2.45, 2.75) is 31.7 Å². The fourth-order valence-corrected chi connectivity index (χ4v) is 5.97. The van der Waals surface area contributed by atoms with E-state index < -0.39 is 14.0 Å². The quantitative estimate of drug-likeness (QED) is 0.178. The average molecular weight is 485 g/mol. The molecule has 32 heavy (non-hydrogen) atoms. The molecule has 0 aliphatic heterocycles. The Kier molecular flexibility index (Phi) is 6.31. The van der Waals surface area contributed by atoms with E-state index >= 15 is 0 Å². The Morgan fingerprint density at radius 2 is 2.00 bits per heavy atom. The molecule has 0 bridgehead atoms. The van der Waals surface area contributed by atoms with E-state index in [0.717, 1.165) is 16.7 Å². The van der Waals surface area contributed by atoms with Crippen molar-refractivity contribution in [1.29, 1.82) is 0 Å². The molecule has 166 valence electrons. The maximum absolute atomic E-state index is 12.5. The van der Waals surface area contributed by atoms with Crippen molar-refractivity contribution in [3.63, 3.8) is 0 Å². The monoisotopic (exact) mass is 484 g/mol. The lowest BCUT2D eigenvalue weighted by Gasteiger charge is -2.10. The highest BCUT2D eigenvalue weighted by Gasteiger charge is 2.23. The van der Waals surface area contributed by atoms with E-state index in [1.807, 2.05) is 40.6 Å². The Morgan fingerprint density at radius 1 is 1.22 bits per heavy atom. The number of benzene rings is 1. The molecule has 0 fully saturated rings. The largest absolute Gasteiger partial charge is 0.462 e. The van der Waals surface area contributed by atoms with Crippen LogP contribution in [0.4, 0.5) is 11.6 Å². The number of carbonyl (C=O) groups excluding carboxylic acids is 1. The lowest BCUT2D eigenvalue weighted by molar-refractivity contribution is 0.0526. The normalized spacial score (nSPS) is 11.7. The molecule has 0 aliphatic rings. The van der Waals surface area contributed by atoms with E-state index in [1.54, 1.807) is 18.3 Å². The van der Waals surface area contributed by atoms with Crippen LogP contribution >= 0.6 is 23.1 Å². The van der Waals surface area contributed by atoms with Crippen molar-refractivity contribution in [3.8, 4) is 5.82 Å². The van der Waals surface area contributed by atoms with Gasteiger partial charge in [0.05, 0.1) is 16.8 Å². The van der Waals surface area contributed by atoms with Gasteiger partial charge in [0.15, 0.2) is 22.6 Å². The molecule has 11 heteroatoms. The molecular formula is C21H24N6O2S2Si. The molecule has 0 saturated carbocycles. The molecule has 0 radical (unpaired) electrons. The number of aromatic nitrogens is 5. The molecule has 3 heterocycles. The lowest BCUT2D eigenvalue weighted by Crippen LogP contribution is -2.37. The Bertz CT molecular complexity index is 1280. The van der Waals surface area contributed by atoms with Gasteiger partial charge in [-0.25, -0.2) is 24.4 Å². The summed E-state index contributed by atoms with van der Waals surface area (Å²) in [5, 5.41) is 11.5. The lowest BCUT2D eigenvalue weighted by atomic mass is 10.2. The number of hydrogen-bond donors (Lipinski definition) is 1. The van der Waals surface area contributed by atoms with Crippen molar-refractivity contribution in [1.82, 2.24) is 24.7 Å². The molecule has 0 atom stereocenters. The third-order valence-electron chi connectivity index (χ3n) is 4.62. The van der Waals surface area contributed by atoms with Crippen LogP contribution in [0.25, 0.3) is 16.7 Å². The summed E-state index contributed by atoms with van der Waals surface area (Å²) in [4.78, 5) is 26.1. The number of hydrogen-bond acceptors (Lipinski definition) is 9. The van der Waals surface area contributed by atoms with Crippen LogP contribution in [0.5, 0.6) is 0 Å². The average Bonchev–Trinajstić information content (AvgIpc) is 3.39. The van der Waals surface area contributed by atoms with Gasteiger partial charge in [0.25, 0.3) is 0 Å². The topological polar surface area (TPSA) is 94.8 Å². The number of anilines is 2. The highest BCUT2D eigenvalue weighted by Crippen LogP contribution is 2.29. The molecule has 4 rings (SSSR count). The molecular weight excluding hydrogens is 460 g/mol. The number of para-hydroxylation sites is 1. The van der Waals surface area contributed by atoms with Crippen molar-refractivity contribution < 1.29 is 9.53 Å². The van der Waals surface area contributed by atoms with Gasteiger partial charge in [-0.05, 0) is 25.3 Å². The van der Waals surface area contributed by atoms with Gasteiger partial charge < -0.3 is 10.1 Å². The van der Waals surface area contributed by atoms with Gasteiger partial charge in [-0.2, -0.15) is 0 Å². The van der Waals surface area contributed by atoms with E-state index in [9.17, 15) is 4.79 Å². The number of fused-ring (bicyclic) bond motifs is 1. The minimum Gasteiger partial charge on any atom is -0.462 e. The van der Waals surface area contributed by atoms with Gasteiger partial charge in [0, 0.05) is 17.0 Å². The van der Waals surface area contributed by atoms with Crippen LogP contribution in [0.1, 0.15) is 17.3 Å². The summed E-state index contributed by atoms with van der Waals surface area (Å²) in [5.74, 6) is 1.25. The molecule has 0 spiro atoms. The zero-order chi connectivity index (χ0) is 22.9. The maximum Gasteiger partial charge on any atom is 0.343 e. The van der Waals surface area contributed by atoms with Gasteiger partial charge in [-0.15, -0.1) is 16.4 Å². The number of esters is 1. The molecule has 1 aromatic carbocycles. The summed E-state index contributed by atoms with van der Waals surface area (Å²) < 4.78 is 8.18. The first-order chi connectivity index (χ1) is 15.3. The van der Waals surface area contributed by atoms with Crippen LogP contribution in [0.3, 0.4) is 0 Å². The Morgan fingerprint density at radius 3 is 2.69 bits per heavy atom. The number of thioether (sulfide) groups is 1. The van der Waals surface area contributed by atoms with E-state index in [0.29, 0.717) is 16.8 Å². The number of nitrogens with one attached hydrogen (secondary N) is 1. The van der Waals surface area contributed by atoms with Crippen LogP contribution < -0.4 is 9.95 Å². The molecule has 1 N–H and O–H groups in total. The third-order valence-corrected chi connectivity index (χ3v) is 9.41. The minimum absolute atomic E-state index is 0.262. The second kappa shape index (κ2) is 9.00. The van der Waals surface area contributed by atoms with Crippen LogP contribution in [0.2, 0.25) is 19.6 Å². The maximum atomic E-state index is 12.5. The first kappa shape index (κ1) is 22.4. The molecule has 0 aliphatic carbocycles. The zero-order valence-corrected chi connectivity index (χ0v) is 21.2. The fraction of sp³-hybridized carbons (Fsp3) is 0.286. The first-order valence-corrected chi connectivity index (χ1v) is 15.7. The van der Waals surface area contributed by atoms with Crippen LogP contribution in [0.15, 0.2) is 41.0 Å². The highest BCUT2D eigenvalue weighted by atomic mass is 32.2. The van der Waals surface area contributed by atoms with Gasteiger partial charge in [0.1, 0.15) is 13.6 Å². The first-order valence-electron chi connectivity index (χ1n) is 10.1. The predicted octanol–water partition coefficient (Wildman–Crippen LogP) is 4.46. The van der Waals surface area contributed by atoms with E-state index in [2.05, 4.69) is 34.9 Å². The fourth-order valence-electron chi connectivity index (χ4n) is 3.07. The number of rotatable bonds is 7. The van der Waals surface area contributed by atoms with E-state index in [1.165, 1.54) is 22.6 Å².